The number of thiazole rings is 2. The zero-order valence-electron chi connectivity index (χ0n) is 47.0. The number of nitrogens with zero attached hydrogens (tertiary/aromatic N) is 11. The van der Waals surface area contributed by atoms with Gasteiger partial charge in [0, 0.05) is 101 Å². The van der Waals surface area contributed by atoms with Gasteiger partial charge in [-0.2, -0.15) is 26.3 Å². The van der Waals surface area contributed by atoms with Crippen LogP contribution in [0.1, 0.15) is 145 Å². The predicted octanol–water partition coefficient (Wildman–Crippen LogP) is 10.6. The number of piperazine rings is 2. The van der Waals surface area contributed by atoms with Gasteiger partial charge in [0.25, 0.3) is 11.8 Å². The third-order valence-electron chi connectivity index (χ3n) is 13.2. The Bertz CT molecular complexity index is 3300. The van der Waals surface area contributed by atoms with Crippen LogP contribution in [0.5, 0.6) is 0 Å². The molecule has 0 aliphatic carbocycles. The number of rotatable bonds is 20. The lowest BCUT2D eigenvalue weighted by Gasteiger charge is -2.35. The number of anilines is 2. The topological polar surface area (TPSA) is 244 Å². The van der Waals surface area contributed by atoms with Crippen molar-refractivity contribution in [2.24, 2.45) is 0 Å². The van der Waals surface area contributed by atoms with Crippen LogP contribution in [0.25, 0.3) is 0 Å². The van der Waals surface area contributed by atoms with Gasteiger partial charge in [-0.15, -0.1) is 22.7 Å². The third kappa shape index (κ3) is 19.9. The summed E-state index contributed by atoms with van der Waals surface area (Å²) in [6.07, 6.45) is 0.732. The Morgan fingerprint density at radius 2 is 1.02 bits per heavy atom. The van der Waals surface area contributed by atoms with Gasteiger partial charge in [-0.25, -0.2) is 44.7 Å². The summed E-state index contributed by atoms with van der Waals surface area (Å²) >= 11 is 13.3. The molecule has 2 saturated heterocycles. The minimum atomic E-state index is -4.70. The highest BCUT2D eigenvalue weighted by atomic mass is 35.5. The summed E-state index contributed by atoms with van der Waals surface area (Å²) in [5, 5.41) is 7.90. The second-order valence-corrected chi connectivity index (χ2v) is 24.0. The van der Waals surface area contributed by atoms with Crippen molar-refractivity contribution in [3.05, 3.63) is 125 Å². The molecule has 0 radical (unpaired) electrons. The lowest BCUT2D eigenvalue weighted by atomic mass is 10.0. The summed E-state index contributed by atoms with van der Waals surface area (Å²) in [5.41, 5.74) is -0.560. The van der Waals surface area contributed by atoms with E-state index < -0.39 is 50.9 Å². The van der Waals surface area contributed by atoms with Gasteiger partial charge in [-0.3, -0.25) is 24.1 Å². The lowest BCUT2D eigenvalue weighted by Crippen LogP contribution is -2.50. The number of aromatic nitrogens is 8. The van der Waals surface area contributed by atoms with Gasteiger partial charge >= 0.3 is 18.4 Å². The van der Waals surface area contributed by atoms with Crippen LogP contribution < -0.4 is 16.0 Å². The zero-order chi connectivity index (χ0) is 61.6. The summed E-state index contributed by atoms with van der Waals surface area (Å²) in [7, 11) is 0. The number of nitrogens with one attached hydrogen (secondary N) is 3. The van der Waals surface area contributed by atoms with E-state index in [0.29, 0.717) is 47.4 Å². The van der Waals surface area contributed by atoms with E-state index in [4.69, 9.17) is 27.9 Å². The summed E-state index contributed by atoms with van der Waals surface area (Å²) in [5.74, 6) is -2.97. The Hall–Kier alpha value is -6.69. The fourth-order valence-corrected chi connectivity index (χ4v) is 10.9. The fourth-order valence-electron chi connectivity index (χ4n) is 8.74. The summed E-state index contributed by atoms with van der Waals surface area (Å²) in [6, 6.07) is 4.74. The Labute approximate surface area is 504 Å². The van der Waals surface area contributed by atoms with Gasteiger partial charge in [-0.05, 0) is 83.8 Å². The SMILES string of the molecule is CC(CC(=O)c1cc(CCCN2CCN(C(=O)OC(C)(C)C)CC2)ncn1)c1ncc(C(=O)Nc2cc(C(F)(F)F)c(Cl)cn2)s1.CC(CC(=O)c1cc(CCCN2CCNCC2)ncn1)c1ncc(C(=O)Nc2cc(C(F)(F)F)c(Cl)cn2)s1. The number of aryl methyl sites for hydroxylation is 2. The molecule has 20 nitrogen and oxygen atoms in total. The summed E-state index contributed by atoms with van der Waals surface area (Å²) < 4.78 is 84.1. The number of hydrogen-bond acceptors (Lipinski definition) is 19. The second kappa shape index (κ2) is 29.6. The molecule has 2 unspecified atom stereocenters. The van der Waals surface area contributed by atoms with E-state index in [0.717, 1.165) is 118 Å². The van der Waals surface area contributed by atoms with Gasteiger partial charge in [-0.1, -0.05) is 37.0 Å². The summed E-state index contributed by atoms with van der Waals surface area (Å²) in [6.45, 7) is 17.7. The van der Waals surface area contributed by atoms with Crippen LogP contribution in [0.2, 0.25) is 10.0 Å². The average Bonchev–Trinajstić information content (AvgIpc) is 3.32. The van der Waals surface area contributed by atoms with Crippen molar-refractivity contribution < 1.29 is 55.1 Å². The number of ketones is 2. The normalized spacial score (nSPS) is 15.1. The molecule has 6 aromatic rings. The number of carbonyl (C=O) groups excluding carboxylic acids is 5. The number of halogens is 8. The maximum Gasteiger partial charge on any atom is 0.418 e. The molecular weight excluding hydrogens is 1200 g/mol. The maximum absolute atomic E-state index is 13.1. The Morgan fingerprint density at radius 3 is 1.44 bits per heavy atom. The van der Waals surface area contributed by atoms with Crippen molar-refractivity contribution >= 4 is 87.0 Å². The monoisotopic (exact) mass is 1260 g/mol. The van der Waals surface area contributed by atoms with Crippen LogP contribution in [0.15, 0.2) is 61.7 Å². The van der Waals surface area contributed by atoms with Crippen LogP contribution in [-0.4, -0.2) is 155 Å². The average molecular weight is 1260 g/mol. The van der Waals surface area contributed by atoms with Gasteiger partial charge < -0.3 is 30.5 Å². The highest BCUT2D eigenvalue weighted by molar-refractivity contribution is 7.14. The van der Waals surface area contributed by atoms with Crippen LogP contribution in [-0.2, 0) is 29.9 Å². The molecular formula is C55H62Cl2F6N14O6S2. The zero-order valence-corrected chi connectivity index (χ0v) is 50.1. The standard InChI is InChI=1S/C30H35ClF3N7O4S.C25H27ClF3N7O2S/c1-18(27-36-16-24(46-27)26(43)39-25-14-20(30(32,33)34)21(31)15-35-25)12-23(42)22-13-19(37-17-38-22)6-5-7-40-8-10-41(11-9-40)28(44)45-29(2,3)4;1-15(9-20(37)19-10-16(33-14-34-19)3-2-6-36-7-4-30-5-8-36)24-32-13-21(39-24)23(38)35-22-11-17(25(27,28)29)18(26)12-31-22/h13-18H,5-12H2,1-4H3,(H,35,39,43);10-15,30H,2-9H2,1H3,(H,31,35,38). The first-order valence-corrected chi connectivity index (χ1v) is 29.4. The van der Waals surface area contributed by atoms with E-state index in [-0.39, 0.29) is 69.4 Å². The Morgan fingerprint density at radius 1 is 0.600 bits per heavy atom. The van der Waals surface area contributed by atoms with Gasteiger partial charge in [0.1, 0.15) is 51.0 Å². The first kappa shape index (κ1) is 65.8. The highest BCUT2D eigenvalue weighted by Gasteiger charge is 2.35. The van der Waals surface area contributed by atoms with E-state index >= 15 is 0 Å². The molecule has 2 aliphatic heterocycles. The molecule has 456 valence electrons. The quantitative estimate of drug-likeness (QED) is 0.0475. The lowest BCUT2D eigenvalue weighted by molar-refractivity contribution is -0.138. The van der Waals surface area contributed by atoms with Crippen molar-refractivity contribution in [3.8, 4) is 0 Å². The van der Waals surface area contributed by atoms with Crippen LogP contribution in [0, 0.1) is 0 Å². The molecule has 8 heterocycles. The number of Topliss-reactive ketones (excluding diaryl/α,β-unsaturated/α-hetero) is 2. The van der Waals surface area contributed by atoms with Crippen LogP contribution in [0.3, 0.4) is 0 Å². The van der Waals surface area contributed by atoms with Crippen LogP contribution >= 0.6 is 45.9 Å². The van der Waals surface area contributed by atoms with Gasteiger partial charge in [0.15, 0.2) is 11.6 Å². The van der Waals surface area contributed by atoms with Crippen molar-refractivity contribution in [1.29, 1.82) is 0 Å². The molecule has 85 heavy (non-hydrogen) atoms. The molecule has 3 amide bonds. The van der Waals surface area contributed by atoms with E-state index in [2.05, 4.69) is 65.6 Å². The first-order valence-electron chi connectivity index (χ1n) is 27.0. The van der Waals surface area contributed by atoms with Crippen molar-refractivity contribution in [2.75, 3.05) is 76.1 Å². The number of pyridine rings is 2. The minimum Gasteiger partial charge on any atom is -0.444 e. The van der Waals surface area contributed by atoms with Gasteiger partial charge in [0.05, 0.1) is 43.6 Å². The maximum atomic E-state index is 13.1. The summed E-state index contributed by atoms with van der Waals surface area (Å²) in [4.78, 5) is 103. The van der Waals surface area contributed by atoms with E-state index in [9.17, 15) is 50.3 Å². The molecule has 0 spiro atoms. The molecule has 6 aromatic heterocycles. The molecule has 0 saturated carbocycles. The van der Waals surface area contributed by atoms with Crippen molar-refractivity contribution in [2.45, 2.75) is 103 Å². The van der Waals surface area contributed by atoms with Crippen LogP contribution in [0.4, 0.5) is 42.8 Å². The largest absolute Gasteiger partial charge is 0.444 e. The van der Waals surface area contributed by atoms with E-state index in [1.165, 1.54) is 25.0 Å². The highest BCUT2D eigenvalue weighted by Crippen LogP contribution is 2.37. The number of carbonyl (C=O) groups is 5. The molecule has 30 heteroatoms. The smallest absolute Gasteiger partial charge is 0.418 e. The third-order valence-corrected chi connectivity index (χ3v) is 16.3. The number of hydrogen-bond donors (Lipinski definition) is 3. The number of amides is 3. The number of alkyl halides is 6. The second-order valence-electron chi connectivity index (χ2n) is 21.1. The van der Waals surface area contributed by atoms with Gasteiger partial charge in [0.2, 0.25) is 0 Å². The molecule has 2 aliphatic rings. The van der Waals surface area contributed by atoms with E-state index in [1.807, 2.05) is 27.7 Å². The molecule has 2 fully saturated rings. The molecule has 2 atom stereocenters. The Kier molecular flexibility index (Phi) is 22.9. The molecule has 8 rings (SSSR count). The van der Waals surface area contributed by atoms with E-state index in [1.54, 1.807) is 24.0 Å². The molecule has 3 N–H and O–H groups in total. The minimum absolute atomic E-state index is 0.0840. The molecule has 0 aromatic carbocycles. The van der Waals surface area contributed by atoms with Crippen molar-refractivity contribution in [1.82, 2.24) is 59.9 Å². The molecule has 0 bridgehead atoms. The fraction of sp³-hybridized carbons (Fsp3) is 0.473. The first-order chi connectivity index (χ1) is 40.2. The Balaban J connectivity index is 0.000000247. The predicted molar refractivity (Wildman–Crippen MR) is 308 cm³/mol. The number of ether oxygens (including phenoxy) is 1. The van der Waals surface area contributed by atoms with Crippen molar-refractivity contribution in [3.63, 3.8) is 0 Å².